The van der Waals surface area contributed by atoms with Crippen molar-refractivity contribution in [1.82, 2.24) is 15.0 Å². The number of nitrogen functional groups attached to an aromatic ring is 1. The Labute approximate surface area is 109 Å². The van der Waals surface area contributed by atoms with Gasteiger partial charge in [0.05, 0.1) is 11.7 Å². The Morgan fingerprint density at radius 1 is 1.11 bits per heavy atom. The zero-order valence-corrected chi connectivity index (χ0v) is 9.95. The highest BCUT2D eigenvalue weighted by atomic mass is 16.1. The monoisotopic (exact) mass is 250 g/mol. The molecule has 0 radical (unpaired) electrons. The lowest BCUT2D eigenvalue weighted by Gasteiger charge is -2.05. The first-order valence-electron chi connectivity index (χ1n) is 5.71. The van der Waals surface area contributed by atoms with Crippen LogP contribution < -0.4 is 5.73 Å². The smallest absolute Gasteiger partial charge is 0.231 e. The summed E-state index contributed by atoms with van der Waals surface area (Å²) in [6.07, 6.45) is 4.39. The Balaban J connectivity index is 2.14. The first kappa shape index (κ1) is 11.3. The average molecular weight is 250 g/mol. The second kappa shape index (κ2) is 4.45. The number of ketones is 1. The van der Waals surface area contributed by atoms with E-state index in [1.807, 2.05) is 24.3 Å². The minimum atomic E-state index is -0.287. The molecule has 5 heteroatoms. The first-order valence-corrected chi connectivity index (χ1v) is 5.71. The molecule has 1 aromatic carbocycles. The summed E-state index contributed by atoms with van der Waals surface area (Å²) in [6, 6.07) is 8.99. The molecule has 92 valence electrons. The zero-order valence-electron chi connectivity index (χ0n) is 9.95. The number of aromatic nitrogens is 3. The van der Waals surface area contributed by atoms with Crippen LogP contribution in [0.2, 0.25) is 0 Å². The van der Waals surface area contributed by atoms with Crippen molar-refractivity contribution in [2.45, 2.75) is 0 Å². The molecule has 0 aliphatic heterocycles. The molecule has 2 aromatic heterocycles. The molecule has 2 N–H and O–H groups in total. The number of carbonyl (C=O) groups excluding carboxylic acids is 1. The number of para-hydroxylation sites is 1. The number of hydrogen-bond donors (Lipinski definition) is 1. The molecule has 0 unspecified atom stereocenters. The summed E-state index contributed by atoms with van der Waals surface area (Å²) in [7, 11) is 0. The Bertz CT molecular complexity index is 756. The summed E-state index contributed by atoms with van der Waals surface area (Å²) in [5.41, 5.74) is 7.69. The van der Waals surface area contributed by atoms with E-state index in [4.69, 9.17) is 5.73 Å². The van der Waals surface area contributed by atoms with Crippen LogP contribution in [0.5, 0.6) is 0 Å². The fraction of sp³-hybridized carbons (Fsp3) is 0. The van der Waals surface area contributed by atoms with Crippen molar-refractivity contribution in [2.75, 3.05) is 5.73 Å². The maximum atomic E-state index is 12.2. The fourth-order valence-corrected chi connectivity index (χ4v) is 1.87. The van der Waals surface area contributed by atoms with Gasteiger partial charge in [-0.2, -0.15) is 0 Å². The van der Waals surface area contributed by atoms with Gasteiger partial charge in [-0.1, -0.05) is 18.2 Å². The molecule has 0 fully saturated rings. The van der Waals surface area contributed by atoms with Gasteiger partial charge in [0.15, 0.2) is 0 Å². The quantitative estimate of drug-likeness (QED) is 0.702. The third-order valence-electron chi connectivity index (χ3n) is 2.78. The van der Waals surface area contributed by atoms with Gasteiger partial charge in [-0.05, 0) is 12.1 Å². The lowest BCUT2D eigenvalue weighted by atomic mass is 10.1. The highest BCUT2D eigenvalue weighted by Crippen LogP contribution is 2.21. The van der Waals surface area contributed by atoms with Crippen LogP contribution in [0, 0.1) is 0 Å². The van der Waals surface area contributed by atoms with Gasteiger partial charge >= 0.3 is 0 Å². The topological polar surface area (TPSA) is 81.8 Å². The molecule has 0 aliphatic rings. The molecular formula is C14H10N4O. The van der Waals surface area contributed by atoms with E-state index in [0.717, 1.165) is 5.39 Å². The Morgan fingerprint density at radius 3 is 2.74 bits per heavy atom. The van der Waals surface area contributed by atoms with Crippen molar-refractivity contribution < 1.29 is 4.79 Å². The second-order valence-corrected chi connectivity index (χ2v) is 4.03. The number of hydrogen-bond acceptors (Lipinski definition) is 5. The maximum absolute atomic E-state index is 12.2. The summed E-state index contributed by atoms with van der Waals surface area (Å²) in [4.78, 5) is 24.4. The largest absolute Gasteiger partial charge is 0.398 e. The summed E-state index contributed by atoms with van der Waals surface area (Å²) < 4.78 is 0. The van der Waals surface area contributed by atoms with Crippen molar-refractivity contribution in [2.24, 2.45) is 0 Å². The predicted molar refractivity (Wildman–Crippen MR) is 71.6 cm³/mol. The number of nitrogens with two attached hydrogens (primary N) is 1. The fourth-order valence-electron chi connectivity index (χ4n) is 1.87. The molecule has 3 rings (SSSR count). The van der Waals surface area contributed by atoms with Crippen LogP contribution in [0.4, 0.5) is 5.69 Å². The van der Waals surface area contributed by atoms with Crippen LogP contribution in [-0.4, -0.2) is 20.7 Å². The van der Waals surface area contributed by atoms with Crippen molar-refractivity contribution in [3.63, 3.8) is 0 Å². The summed E-state index contributed by atoms with van der Waals surface area (Å²) in [6.45, 7) is 0. The van der Waals surface area contributed by atoms with Crippen LogP contribution in [0.15, 0.2) is 48.9 Å². The molecule has 0 bridgehead atoms. The highest BCUT2D eigenvalue weighted by Gasteiger charge is 2.14. The molecule has 5 nitrogen and oxygen atoms in total. The van der Waals surface area contributed by atoms with Crippen LogP contribution in [0.1, 0.15) is 16.2 Å². The van der Waals surface area contributed by atoms with E-state index >= 15 is 0 Å². The van der Waals surface area contributed by atoms with Crippen molar-refractivity contribution in [1.29, 1.82) is 0 Å². The SMILES string of the molecule is Nc1cc(C(=O)c2cnccn2)nc2ccccc12. The summed E-state index contributed by atoms with van der Waals surface area (Å²) in [5, 5.41) is 0.832. The van der Waals surface area contributed by atoms with Crippen LogP contribution in [0.3, 0.4) is 0 Å². The molecule has 0 spiro atoms. The van der Waals surface area contributed by atoms with E-state index in [-0.39, 0.29) is 17.2 Å². The first-order chi connectivity index (χ1) is 9.25. The molecule has 0 aliphatic carbocycles. The lowest BCUT2D eigenvalue weighted by Crippen LogP contribution is -2.07. The van der Waals surface area contributed by atoms with E-state index in [0.29, 0.717) is 11.2 Å². The van der Waals surface area contributed by atoms with Crippen molar-refractivity contribution in [3.05, 3.63) is 60.3 Å². The summed E-state index contributed by atoms with van der Waals surface area (Å²) in [5.74, 6) is -0.287. The van der Waals surface area contributed by atoms with Gasteiger partial charge in [0.25, 0.3) is 0 Å². The van der Waals surface area contributed by atoms with E-state index in [1.54, 1.807) is 6.07 Å². The molecule has 0 amide bonds. The Morgan fingerprint density at radius 2 is 1.95 bits per heavy atom. The van der Waals surface area contributed by atoms with Crippen LogP contribution in [0.25, 0.3) is 10.9 Å². The van der Waals surface area contributed by atoms with Gasteiger partial charge in [0, 0.05) is 23.5 Å². The number of benzene rings is 1. The number of carbonyl (C=O) groups is 1. The molecular weight excluding hydrogens is 240 g/mol. The maximum Gasteiger partial charge on any atom is 0.231 e. The van der Waals surface area contributed by atoms with E-state index < -0.39 is 0 Å². The Hall–Kier alpha value is -2.82. The number of fused-ring (bicyclic) bond motifs is 1. The third-order valence-corrected chi connectivity index (χ3v) is 2.78. The molecule has 0 saturated carbocycles. The third kappa shape index (κ3) is 2.01. The van der Waals surface area contributed by atoms with E-state index in [1.165, 1.54) is 18.6 Å². The molecule has 19 heavy (non-hydrogen) atoms. The molecule has 0 saturated heterocycles. The van der Waals surface area contributed by atoms with Gasteiger partial charge in [-0.15, -0.1) is 0 Å². The van der Waals surface area contributed by atoms with Gasteiger partial charge < -0.3 is 5.73 Å². The minimum absolute atomic E-state index is 0.254. The number of pyridine rings is 1. The number of anilines is 1. The minimum Gasteiger partial charge on any atom is -0.398 e. The summed E-state index contributed by atoms with van der Waals surface area (Å²) >= 11 is 0. The van der Waals surface area contributed by atoms with Crippen LogP contribution >= 0.6 is 0 Å². The van der Waals surface area contributed by atoms with Crippen molar-refractivity contribution >= 4 is 22.4 Å². The van der Waals surface area contributed by atoms with Gasteiger partial charge in [-0.3, -0.25) is 9.78 Å². The van der Waals surface area contributed by atoms with Gasteiger partial charge in [0.1, 0.15) is 11.4 Å². The molecule has 3 aromatic rings. The normalized spacial score (nSPS) is 10.5. The van der Waals surface area contributed by atoms with Crippen molar-refractivity contribution in [3.8, 4) is 0 Å². The van der Waals surface area contributed by atoms with E-state index in [9.17, 15) is 4.79 Å². The number of nitrogens with zero attached hydrogens (tertiary/aromatic N) is 3. The zero-order chi connectivity index (χ0) is 13.2. The molecule has 2 heterocycles. The molecule has 0 atom stereocenters. The van der Waals surface area contributed by atoms with E-state index in [2.05, 4.69) is 15.0 Å². The van der Waals surface area contributed by atoms with Gasteiger partial charge in [0.2, 0.25) is 5.78 Å². The predicted octanol–water partition coefficient (Wildman–Crippen LogP) is 1.84. The lowest BCUT2D eigenvalue weighted by molar-refractivity contribution is 0.103. The van der Waals surface area contributed by atoms with Crippen LogP contribution in [-0.2, 0) is 0 Å². The second-order valence-electron chi connectivity index (χ2n) is 4.03. The Kier molecular flexibility index (Phi) is 2.64. The average Bonchev–Trinajstić information content (AvgIpc) is 2.47. The number of rotatable bonds is 2. The van der Waals surface area contributed by atoms with Gasteiger partial charge in [-0.25, -0.2) is 9.97 Å². The standard InChI is InChI=1S/C14H10N4O/c15-10-7-12(14(19)13-8-16-5-6-17-13)18-11-4-2-1-3-9(10)11/h1-8H,(H2,15,18). The highest BCUT2D eigenvalue weighted by molar-refractivity contribution is 6.08.